The SMILES string of the molecule is [C-]#[N+]c1cc(C#N)cc(-n2c3ccccc3c3cc(N(c4ccc5c(c4)c4ccccc4n5-c4cc(C#N)cc(C#N)c4)c4ccc5c(c4)c4ccccc4n5-c4cc(C#N)cc([N+]#[C-])c4)ccc32)c1. The second-order valence-corrected chi connectivity index (χ2v) is 16.9. The van der Waals surface area contributed by atoms with E-state index in [1.807, 2.05) is 78.9 Å². The van der Waals surface area contributed by atoms with Crippen LogP contribution in [-0.2, 0) is 0 Å². The van der Waals surface area contributed by atoms with Crippen molar-refractivity contribution in [1.82, 2.24) is 13.7 Å². The fraction of sp³-hybridized carbons (Fsp3) is 0. The molecular formula is C60H30N10. The molecular weight excluding hydrogens is 861 g/mol. The van der Waals surface area contributed by atoms with E-state index in [-0.39, 0.29) is 0 Å². The summed E-state index contributed by atoms with van der Waals surface area (Å²) in [6, 6.07) is 68.1. The first-order valence-corrected chi connectivity index (χ1v) is 22.1. The smallest absolute Gasteiger partial charge is 0.190 e. The van der Waals surface area contributed by atoms with E-state index in [1.54, 1.807) is 18.2 Å². The number of hydrogen-bond acceptors (Lipinski definition) is 5. The molecule has 0 atom stereocenters. The van der Waals surface area contributed by atoms with Gasteiger partial charge < -0.3 is 18.6 Å². The standard InChI is InChI=1S/C60H30N10/c1-65-41-22-39(35-63)26-47(28-41)69-56-13-7-4-10-50(56)53-31-44(16-19-59(53)69)67(43-15-18-58-52(30-43)49-9-3-6-12-55(49)68(58)46-24-37(33-61)21-38(25-46)34-62)45-17-20-60-54(32-45)51-11-5-8-14-57(51)70(60)48-27-40(36-64)23-42(29-48)66-2/h3-32H. The molecule has 9 aromatic carbocycles. The number of nitrogens with zero attached hydrogens (tertiary/aromatic N) is 10. The van der Waals surface area contributed by atoms with Crippen molar-refractivity contribution in [3.8, 4) is 41.3 Å². The zero-order valence-corrected chi connectivity index (χ0v) is 36.8. The van der Waals surface area contributed by atoms with Crippen molar-refractivity contribution >= 4 is 93.9 Å². The van der Waals surface area contributed by atoms with Gasteiger partial charge in [0.2, 0.25) is 0 Å². The molecule has 70 heavy (non-hydrogen) atoms. The van der Waals surface area contributed by atoms with Crippen LogP contribution in [0.4, 0.5) is 28.4 Å². The predicted octanol–water partition coefficient (Wildman–Crippen LogP) is 15.0. The number of fused-ring (bicyclic) bond motifs is 9. The molecule has 10 nitrogen and oxygen atoms in total. The van der Waals surface area contributed by atoms with E-state index in [4.69, 9.17) is 13.1 Å². The van der Waals surface area contributed by atoms with Gasteiger partial charge in [-0.05, 0) is 127 Å². The first kappa shape index (κ1) is 40.6. The first-order valence-electron chi connectivity index (χ1n) is 22.1. The highest BCUT2D eigenvalue weighted by molar-refractivity contribution is 6.14. The highest BCUT2D eigenvalue weighted by Gasteiger charge is 2.23. The number of para-hydroxylation sites is 3. The topological polar surface area (TPSA) is 122 Å². The van der Waals surface area contributed by atoms with E-state index >= 15 is 0 Å². The van der Waals surface area contributed by atoms with Gasteiger partial charge in [0.05, 0.1) is 81.6 Å². The van der Waals surface area contributed by atoms with Crippen molar-refractivity contribution in [3.05, 3.63) is 227 Å². The number of benzene rings is 9. The fourth-order valence-electron chi connectivity index (χ4n) is 10.2. The quantitative estimate of drug-likeness (QED) is 0.154. The second-order valence-electron chi connectivity index (χ2n) is 16.9. The number of hydrogen-bond donors (Lipinski definition) is 0. The summed E-state index contributed by atoms with van der Waals surface area (Å²) >= 11 is 0. The van der Waals surface area contributed by atoms with Crippen LogP contribution >= 0.6 is 0 Å². The summed E-state index contributed by atoms with van der Waals surface area (Å²) < 4.78 is 6.32. The van der Waals surface area contributed by atoms with Crippen LogP contribution in [0.15, 0.2) is 182 Å². The largest absolute Gasteiger partial charge is 0.310 e. The van der Waals surface area contributed by atoms with Crippen molar-refractivity contribution in [2.75, 3.05) is 4.90 Å². The van der Waals surface area contributed by atoms with E-state index < -0.39 is 0 Å². The molecule has 3 aromatic heterocycles. The maximum absolute atomic E-state index is 9.96. The van der Waals surface area contributed by atoms with E-state index in [2.05, 4.69) is 137 Å². The summed E-state index contributed by atoms with van der Waals surface area (Å²) in [7, 11) is 0. The summed E-state index contributed by atoms with van der Waals surface area (Å²) in [4.78, 5) is 9.62. The predicted molar refractivity (Wildman–Crippen MR) is 276 cm³/mol. The summed E-state index contributed by atoms with van der Waals surface area (Å²) in [6.07, 6.45) is 0. The Bertz CT molecular complexity index is 3960. The minimum absolute atomic E-state index is 0.379. The molecule has 3 heterocycles. The molecule has 320 valence electrons. The van der Waals surface area contributed by atoms with Crippen molar-refractivity contribution in [3.63, 3.8) is 0 Å². The Labute approximate surface area is 400 Å². The lowest BCUT2D eigenvalue weighted by Crippen LogP contribution is -2.10. The summed E-state index contributed by atoms with van der Waals surface area (Å²) in [5.74, 6) is 0. The highest BCUT2D eigenvalue weighted by atomic mass is 15.1. The van der Waals surface area contributed by atoms with E-state index in [9.17, 15) is 21.0 Å². The summed E-state index contributed by atoms with van der Waals surface area (Å²) in [5, 5.41) is 45.7. The molecule has 0 radical (unpaired) electrons. The molecule has 0 saturated carbocycles. The lowest BCUT2D eigenvalue weighted by molar-refractivity contribution is 1.17. The molecule has 12 rings (SSSR count). The molecule has 0 saturated heterocycles. The Morgan fingerprint density at radius 1 is 0.329 bits per heavy atom. The van der Waals surface area contributed by atoms with E-state index in [0.29, 0.717) is 39.3 Å². The Morgan fingerprint density at radius 2 is 0.629 bits per heavy atom. The zero-order valence-electron chi connectivity index (χ0n) is 36.8. The fourth-order valence-corrected chi connectivity index (χ4v) is 10.2. The maximum Gasteiger partial charge on any atom is 0.190 e. The Hall–Kier alpha value is -10.9. The van der Waals surface area contributed by atoms with Crippen molar-refractivity contribution in [1.29, 1.82) is 21.0 Å². The molecule has 0 unspecified atom stereocenters. The Balaban J connectivity index is 1.13. The first-order chi connectivity index (χ1) is 34.4. The van der Waals surface area contributed by atoms with E-state index in [0.717, 1.165) is 93.9 Å². The molecule has 12 aromatic rings. The molecule has 0 aliphatic carbocycles. The molecule has 0 aliphatic heterocycles. The highest BCUT2D eigenvalue weighted by Crippen LogP contribution is 2.45. The van der Waals surface area contributed by atoms with Crippen molar-refractivity contribution in [2.24, 2.45) is 0 Å². The number of rotatable bonds is 6. The average Bonchev–Trinajstić information content (AvgIpc) is 4.05. The van der Waals surface area contributed by atoms with Crippen LogP contribution in [0.5, 0.6) is 0 Å². The third kappa shape index (κ3) is 6.29. The summed E-state index contributed by atoms with van der Waals surface area (Å²) in [5.41, 5.74) is 12.6. The second kappa shape index (κ2) is 15.9. The van der Waals surface area contributed by atoms with Crippen LogP contribution < -0.4 is 4.90 Å². The zero-order chi connectivity index (χ0) is 47.6. The number of nitriles is 4. The van der Waals surface area contributed by atoms with Gasteiger partial charge in [-0.15, -0.1) is 0 Å². The van der Waals surface area contributed by atoms with Crippen LogP contribution in [0.1, 0.15) is 22.3 Å². The Morgan fingerprint density at radius 3 is 0.957 bits per heavy atom. The molecule has 10 heteroatoms. The van der Waals surface area contributed by atoms with Crippen LogP contribution in [0.2, 0.25) is 0 Å². The van der Waals surface area contributed by atoms with Gasteiger partial charge >= 0.3 is 0 Å². The van der Waals surface area contributed by atoms with Gasteiger partial charge in [0.25, 0.3) is 0 Å². The van der Waals surface area contributed by atoms with Gasteiger partial charge in [0, 0.05) is 77.6 Å². The van der Waals surface area contributed by atoms with E-state index in [1.165, 1.54) is 0 Å². The van der Waals surface area contributed by atoms with Gasteiger partial charge in [0.1, 0.15) is 0 Å². The van der Waals surface area contributed by atoms with Gasteiger partial charge in [0.15, 0.2) is 11.4 Å². The third-order valence-electron chi connectivity index (χ3n) is 13.0. The van der Waals surface area contributed by atoms with Crippen LogP contribution in [-0.4, -0.2) is 13.7 Å². The lowest BCUT2D eigenvalue weighted by atomic mass is 10.1. The van der Waals surface area contributed by atoms with Crippen LogP contribution in [0.3, 0.4) is 0 Å². The van der Waals surface area contributed by atoms with Gasteiger partial charge in [-0.2, -0.15) is 21.0 Å². The third-order valence-corrected chi connectivity index (χ3v) is 13.0. The Kier molecular flexibility index (Phi) is 9.24. The molecule has 0 amide bonds. The van der Waals surface area contributed by atoms with Gasteiger partial charge in [-0.1, -0.05) is 54.6 Å². The monoisotopic (exact) mass is 890 g/mol. The number of anilines is 3. The normalized spacial score (nSPS) is 11.1. The van der Waals surface area contributed by atoms with Crippen LogP contribution in [0, 0.1) is 58.5 Å². The maximum atomic E-state index is 9.96. The molecule has 0 aliphatic rings. The number of aromatic nitrogens is 3. The lowest BCUT2D eigenvalue weighted by Gasteiger charge is -2.26. The summed E-state index contributed by atoms with van der Waals surface area (Å²) in [6.45, 7) is 15.6. The average molecular weight is 891 g/mol. The molecule has 0 bridgehead atoms. The van der Waals surface area contributed by atoms with Gasteiger partial charge in [-0.3, -0.25) is 0 Å². The minimum Gasteiger partial charge on any atom is -0.310 e. The molecule has 0 spiro atoms. The van der Waals surface area contributed by atoms with Gasteiger partial charge in [-0.25, -0.2) is 9.69 Å². The minimum atomic E-state index is 0.379. The van der Waals surface area contributed by atoms with Crippen molar-refractivity contribution < 1.29 is 0 Å². The van der Waals surface area contributed by atoms with Crippen LogP contribution in [0.25, 0.3) is 92.2 Å². The van der Waals surface area contributed by atoms with Crippen molar-refractivity contribution in [2.45, 2.75) is 0 Å². The molecule has 0 N–H and O–H groups in total. The molecule has 0 fully saturated rings.